The van der Waals surface area contributed by atoms with Gasteiger partial charge in [-0.15, -0.1) is 11.8 Å². The minimum Gasteiger partial charge on any atom is -0.399 e. The fourth-order valence-electron chi connectivity index (χ4n) is 2.37. The summed E-state index contributed by atoms with van der Waals surface area (Å²) in [5.41, 5.74) is 8.17. The normalized spacial score (nSPS) is 17.3. The van der Waals surface area contributed by atoms with Gasteiger partial charge in [0.1, 0.15) is 0 Å². The molecule has 3 nitrogen and oxygen atoms in total. The molecule has 2 aromatic carbocycles. The number of nitrogen functional groups attached to an aromatic ring is 1. The van der Waals surface area contributed by atoms with E-state index in [1.807, 2.05) is 23.9 Å². The zero-order valence-electron chi connectivity index (χ0n) is 11.0. The maximum atomic E-state index is 12.3. The first-order valence-electron chi connectivity index (χ1n) is 6.62. The van der Waals surface area contributed by atoms with Crippen LogP contribution in [0.4, 0.5) is 5.69 Å². The van der Waals surface area contributed by atoms with E-state index < -0.39 is 0 Å². The van der Waals surface area contributed by atoms with Crippen molar-refractivity contribution in [2.75, 3.05) is 11.5 Å². The predicted octanol–water partition coefficient (Wildman–Crippen LogP) is 3.24. The maximum Gasteiger partial charge on any atom is 0.251 e. The molecule has 1 aliphatic rings. The number of nitrogens with one attached hydrogen (secondary N) is 1. The van der Waals surface area contributed by atoms with E-state index in [9.17, 15) is 4.79 Å². The van der Waals surface area contributed by atoms with Gasteiger partial charge in [0.05, 0.1) is 6.04 Å². The van der Waals surface area contributed by atoms with Crippen LogP contribution in [0.5, 0.6) is 0 Å². The van der Waals surface area contributed by atoms with Crippen LogP contribution in [0.25, 0.3) is 0 Å². The number of fused-ring (bicyclic) bond motifs is 1. The van der Waals surface area contributed by atoms with Gasteiger partial charge in [-0.3, -0.25) is 4.79 Å². The molecule has 1 amide bonds. The molecule has 0 radical (unpaired) electrons. The van der Waals surface area contributed by atoms with Crippen molar-refractivity contribution in [3.8, 4) is 0 Å². The molecule has 4 heteroatoms. The van der Waals surface area contributed by atoms with E-state index in [1.165, 1.54) is 10.5 Å². The highest BCUT2D eigenvalue weighted by atomic mass is 32.2. The molecule has 1 unspecified atom stereocenters. The molecular formula is C16H16N2OS. The quantitative estimate of drug-likeness (QED) is 0.832. The highest BCUT2D eigenvalue weighted by Gasteiger charge is 2.22. The second-order valence-corrected chi connectivity index (χ2v) is 5.96. The van der Waals surface area contributed by atoms with Crippen molar-refractivity contribution >= 4 is 23.4 Å². The van der Waals surface area contributed by atoms with Gasteiger partial charge in [0.15, 0.2) is 0 Å². The molecule has 2 aromatic rings. The third-order valence-electron chi connectivity index (χ3n) is 3.44. The average molecular weight is 284 g/mol. The number of carbonyl (C=O) groups is 1. The van der Waals surface area contributed by atoms with Crippen LogP contribution in [0.1, 0.15) is 28.4 Å². The van der Waals surface area contributed by atoms with Gasteiger partial charge in [-0.2, -0.15) is 0 Å². The Kier molecular flexibility index (Phi) is 3.65. The first-order chi connectivity index (χ1) is 9.74. The number of anilines is 1. The molecule has 0 saturated carbocycles. The topological polar surface area (TPSA) is 55.1 Å². The Morgan fingerprint density at radius 3 is 2.70 bits per heavy atom. The van der Waals surface area contributed by atoms with Crippen molar-refractivity contribution in [2.45, 2.75) is 17.4 Å². The predicted molar refractivity (Wildman–Crippen MR) is 82.8 cm³/mol. The molecule has 0 aromatic heterocycles. The molecule has 0 spiro atoms. The Morgan fingerprint density at radius 2 is 1.90 bits per heavy atom. The number of hydrogen-bond donors (Lipinski definition) is 2. The Balaban J connectivity index is 1.79. The Bertz CT molecular complexity index is 625. The third-order valence-corrected chi connectivity index (χ3v) is 4.56. The Hall–Kier alpha value is -1.94. The summed E-state index contributed by atoms with van der Waals surface area (Å²) in [6.07, 6.45) is 0.961. The van der Waals surface area contributed by atoms with E-state index in [0.717, 1.165) is 12.2 Å². The lowest BCUT2D eigenvalue weighted by atomic mass is 10.0. The average Bonchev–Trinajstić information content (AvgIpc) is 2.48. The standard InChI is InChI=1S/C16H16N2OS/c17-12-7-5-11(6-8-12)16(19)18-14-9-10-20-15-4-2-1-3-13(14)15/h1-8,14H,9-10,17H2,(H,18,19). The summed E-state index contributed by atoms with van der Waals surface area (Å²) in [5.74, 6) is 0.987. The SMILES string of the molecule is Nc1ccc(C(=O)NC2CCSc3ccccc32)cc1. The number of hydrogen-bond acceptors (Lipinski definition) is 3. The maximum absolute atomic E-state index is 12.3. The molecule has 1 aliphatic heterocycles. The van der Waals surface area contributed by atoms with E-state index in [0.29, 0.717) is 11.3 Å². The molecule has 1 atom stereocenters. The van der Waals surface area contributed by atoms with Gasteiger partial charge in [-0.1, -0.05) is 18.2 Å². The second-order valence-electron chi connectivity index (χ2n) is 4.82. The van der Waals surface area contributed by atoms with Gasteiger partial charge in [0, 0.05) is 21.9 Å². The molecule has 102 valence electrons. The van der Waals surface area contributed by atoms with Gasteiger partial charge in [0.2, 0.25) is 0 Å². The van der Waals surface area contributed by atoms with Crippen LogP contribution in [0.3, 0.4) is 0 Å². The van der Waals surface area contributed by atoms with Crippen molar-refractivity contribution in [3.05, 3.63) is 59.7 Å². The molecule has 1 heterocycles. The summed E-state index contributed by atoms with van der Waals surface area (Å²) < 4.78 is 0. The van der Waals surface area contributed by atoms with Crippen LogP contribution < -0.4 is 11.1 Å². The summed E-state index contributed by atoms with van der Waals surface area (Å²) in [5, 5.41) is 3.12. The smallest absolute Gasteiger partial charge is 0.251 e. The number of rotatable bonds is 2. The lowest BCUT2D eigenvalue weighted by Gasteiger charge is -2.25. The van der Waals surface area contributed by atoms with E-state index in [1.54, 1.807) is 24.3 Å². The summed E-state index contributed by atoms with van der Waals surface area (Å²) in [6.45, 7) is 0. The molecule has 0 fully saturated rings. The Labute approximate surface area is 122 Å². The lowest BCUT2D eigenvalue weighted by Crippen LogP contribution is -2.30. The van der Waals surface area contributed by atoms with Gasteiger partial charge >= 0.3 is 0 Å². The van der Waals surface area contributed by atoms with Crippen LogP contribution >= 0.6 is 11.8 Å². The van der Waals surface area contributed by atoms with Crippen molar-refractivity contribution in [2.24, 2.45) is 0 Å². The van der Waals surface area contributed by atoms with Crippen molar-refractivity contribution in [1.29, 1.82) is 0 Å². The van der Waals surface area contributed by atoms with Crippen molar-refractivity contribution < 1.29 is 4.79 Å². The zero-order chi connectivity index (χ0) is 13.9. The highest BCUT2D eigenvalue weighted by molar-refractivity contribution is 7.99. The molecule has 0 aliphatic carbocycles. The van der Waals surface area contributed by atoms with Crippen LogP contribution in [0, 0.1) is 0 Å². The van der Waals surface area contributed by atoms with Gasteiger partial charge in [0.25, 0.3) is 5.91 Å². The largest absolute Gasteiger partial charge is 0.399 e. The second kappa shape index (κ2) is 5.59. The minimum atomic E-state index is -0.0447. The molecule has 0 saturated heterocycles. The Morgan fingerprint density at radius 1 is 1.15 bits per heavy atom. The molecular weight excluding hydrogens is 268 g/mol. The van der Waals surface area contributed by atoms with Gasteiger partial charge in [-0.25, -0.2) is 0 Å². The van der Waals surface area contributed by atoms with Gasteiger partial charge in [-0.05, 0) is 42.3 Å². The van der Waals surface area contributed by atoms with E-state index >= 15 is 0 Å². The summed E-state index contributed by atoms with van der Waals surface area (Å²) >= 11 is 1.85. The first kappa shape index (κ1) is 13.1. The van der Waals surface area contributed by atoms with E-state index in [-0.39, 0.29) is 11.9 Å². The fraction of sp³-hybridized carbons (Fsp3) is 0.188. The van der Waals surface area contributed by atoms with Crippen LogP contribution in [0.15, 0.2) is 53.4 Å². The lowest BCUT2D eigenvalue weighted by molar-refractivity contribution is 0.0935. The summed E-state index contributed by atoms with van der Waals surface area (Å²) in [6, 6.07) is 15.4. The van der Waals surface area contributed by atoms with E-state index in [2.05, 4.69) is 17.4 Å². The zero-order valence-corrected chi connectivity index (χ0v) is 11.8. The molecule has 0 bridgehead atoms. The molecule has 20 heavy (non-hydrogen) atoms. The minimum absolute atomic E-state index is 0.0447. The highest BCUT2D eigenvalue weighted by Crippen LogP contribution is 2.35. The monoisotopic (exact) mass is 284 g/mol. The van der Waals surface area contributed by atoms with Crippen LogP contribution in [-0.2, 0) is 0 Å². The number of nitrogens with two attached hydrogens (primary N) is 1. The summed E-state index contributed by atoms with van der Waals surface area (Å²) in [4.78, 5) is 13.5. The number of amides is 1. The first-order valence-corrected chi connectivity index (χ1v) is 7.61. The molecule has 3 N–H and O–H groups in total. The number of thioether (sulfide) groups is 1. The fourth-order valence-corrected chi connectivity index (χ4v) is 3.49. The van der Waals surface area contributed by atoms with E-state index in [4.69, 9.17) is 5.73 Å². The van der Waals surface area contributed by atoms with Crippen LogP contribution in [-0.4, -0.2) is 11.7 Å². The third kappa shape index (κ3) is 2.65. The summed E-state index contributed by atoms with van der Waals surface area (Å²) in [7, 11) is 0. The number of benzene rings is 2. The van der Waals surface area contributed by atoms with Crippen molar-refractivity contribution in [3.63, 3.8) is 0 Å². The number of carbonyl (C=O) groups excluding carboxylic acids is 1. The van der Waals surface area contributed by atoms with Crippen molar-refractivity contribution in [1.82, 2.24) is 5.32 Å². The molecule has 3 rings (SSSR count). The van der Waals surface area contributed by atoms with Gasteiger partial charge < -0.3 is 11.1 Å². The van der Waals surface area contributed by atoms with Crippen LogP contribution in [0.2, 0.25) is 0 Å².